The van der Waals surface area contributed by atoms with Crippen molar-refractivity contribution in [3.05, 3.63) is 0 Å². The molecule has 0 aromatic rings. The van der Waals surface area contributed by atoms with Crippen molar-refractivity contribution in [2.45, 2.75) is 39.8 Å². The van der Waals surface area contributed by atoms with Crippen molar-refractivity contribution in [1.29, 1.82) is 0 Å². The van der Waals surface area contributed by atoms with Gasteiger partial charge in [-0.1, -0.05) is 20.8 Å². The molecule has 2 unspecified atom stereocenters. The predicted molar refractivity (Wildman–Crippen MR) is 64.0 cm³/mol. The molecule has 1 saturated heterocycles. The minimum absolute atomic E-state index is 0.0108. The fourth-order valence-electron chi connectivity index (χ4n) is 1.94. The van der Waals surface area contributed by atoms with Crippen molar-refractivity contribution in [3.63, 3.8) is 0 Å². The second-order valence-electron chi connectivity index (χ2n) is 5.99. The van der Waals surface area contributed by atoms with Gasteiger partial charge in [0.15, 0.2) is 0 Å². The molecule has 3 nitrogen and oxygen atoms in total. The lowest BCUT2D eigenvalue weighted by Crippen LogP contribution is -2.53. The lowest BCUT2D eigenvalue weighted by Gasteiger charge is -2.41. The SMILES string of the molecule is CC1CN(C)CCN1CC(O)C(C)(C)C. The van der Waals surface area contributed by atoms with Gasteiger partial charge in [-0.25, -0.2) is 0 Å². The first-order chi connectivity index (χ1) is 6.80. The number of nitrogens with zero attached hydrogens (tertiary/aromatic N) is 2. The van der Waals surface area contributed by atoms with Crippen LogP contribution >= 0.6 is 0 Å². The maximum absolute atomic E-state index is 10.1. The molecule has 1 aliphatic heterocycles. The normalized spacial score (nSPS) is 28.0. The van der Waals surface area contributed by atoms with E-state index in [1.165, 1.54) is 0 Å². The van der Waals surface area contributed by atoms with Crippen LogP contribution in [0.15, 0.2) is 0 Å². The van der Waals surface area contributed by atoms with E-state index in [4.69, 9.17) is 0 Å². The van der Waals surface area contributed by atoms with Gasteiger partial charge >= 0.3 is 0 Å². The molecule has 0 spiro atoms. The van der Waals surface area contributed by atoms with Crippen LogP contribution in [-0.2, 0) is 0 Å². The van der Waals surface area contributed by atoms with E-state index < -0.39 is 0 Å². The third-order valence-electron chi connectivity index (χ3n) is 3.38. The Kier molecular flexibility index (Phi) is 4.15. The summed E-state index contributed by atoms with van der Waals surface area (Å²) in [5.74, 6) is 0. The van der Waals surface area contributed by atoms with Crippen LogP contribution in [0.5, 0.6) is 0 Å². The molecule has 0 radical (unpaired) electrons. The van der Waals surface area contributed by atoms with E-state index >= 15 is 0 Å². The number of aliphatic hydroxyl groups is 1. The lowest BCUT2D eigenvalue weighted by atomic mass is 9.88. The van der Waals surface area contributed by atoms with E-state index in [1.807, 2.05) is 0 Å². The maximum atomic E-state index is 10.1. The highest BCUT2D eigenvalue weighted by Gasteiger charge is 2.28. The zero-order chi connectivity index (χ0) is 11.6. The van der Waals surface area contributed by atoms with Gasteiger partial charge in [0.25, 0.3) is 0 Å². The first-order valence-corrected chi connectivity index (χ1v) is 5.91. The zero-order valence-electron chi connectivity index (χ0n) is 10.8. The van der Waals surface area contributed by atoms with E-state index in [0.717, 1.165) is 26.2 Å². The highest BCUT2D eigenvalue weighted by molar-refractivity contribution is 4.82. The molecular formula is C12H26N2O. The molecule has 0 aliphatic carbocycles. The van der Waals surface area contributed by atoms with E-state index in [1.54, 1.807) is 0 Å². The minimum atomic E-state index is -0.233. The molecule has 0 aromatic heterocycles. The minimum Gasteiger partial charge on any atom is -0.391 e. The Hall–Kier alpha value is -0.120. The standard InChI is InChI=1S/C12H26N2O/c1-10-8-13(5)6-7-14(10)9-11(15)12(2,3)4/h10-11,15H,6-9H2,1-5H3. The molecule has 15 heavy (non-hydrogen) atoms. The summed E-state index contributed by atoms with van der Waals surface area (Å²) in [5.41, 5.74) is -0.0108. The first kappa shape index (κ1) is 12.9. The summed E-state index contributed by atoms with van der Waals surface area (Å²) in [6.07, 6.45) is -0.233. The predicted octanol–water partition coefficient (Wildman–Crippen LogP) is 1.03. The van der Waals surface area contributed by atoms with Crippen molar-refractivity contribution in [1.82, 2.24) is 9.80 Å². The molecule has 0 aromatic carbocycles. The van der Waals surface area contributed by atoms with Crippen molar-refractivity contribution in [2.24, 2.45) is 5.41 Å². The van der Waals surface area contributed by atoms with Gasteiger partial charge in [0, 0.05) is 32.2 Å². The Labute approximate surface area is 94.1 Å². The summed E-state index contributed by atoms with van der Waals surface area (Å²) in [7, 11) is 2.16. The third-order valence-corrected chi connectivity index (χ3v) is 3.38. The van der Waals surface area contributed by atoms with Gasteiger partial charge in [-0.3, -0.25) is 4.90 Å². The molecule has 1 fully saturated rings. The maximum Gasteiger partial charge on any atom is 0.0715 e. The van der Waals surface area contributed by atoms with Crippen LogP contribution in [0.3, 0.4) is 0 Å². The van der Waals surface area contributed by atoms with Crippen molar-refractivity contribution in [3.8, 4) is 0 Å². The van der Waals surface area contributed by atoms with E-state index in [2.05, 4.69) is 44.5 Å². The fraction of sp³-hybridized carbons (Fsp3) is 1.00. The van der Waals surface area contributed by atoms with Crippen molar-refractivity contribution < 1.29 is 5.11 Å². The molecule has 90 valence electrons. The van der Waals surface area contributed by atoms with E-state index in [9.17, 15) is 5.11 Å². The summed E-state index contributed by atoms with van der Waals surface area (Å²) in [4.78, 5) is 4.75. The van der Waals surface area contributed by atoms with Crippen LogP contribution in [0.2, 0.25) is 0 Å². The number of aliphatic hydroxyl groups excluding tert-OH is 1. The van der Waals surface area contributed by atoms with E-state index in [0.29, 0.717) is 6.04 Å². The Morgan fingerprint density at radius 1 is 1.33 bits per heavy atom. The van der Waals surface area contributed by atoms with Crippen LogP contribution in [-0.4, -0.2) is 60.3 Å². The van der Waals surface area contributed by atoms with Crippen molar-refractivity contribution in [2.75, 3.05) is 33.2 Å². The van der Waals surface area contributed by atoms with Crippen LogP contribution in [0.25, 0.3) is 0 Å². The Morgan fingerprint density at radius 2 is 1.93 bits per heavy atom. The average Bonchev–Trinajstić information content (AvgIpc) is 2.08. The summed E-state index contributed by atoms with van der Waals surface area (Å²) in [6.45, 7) is 12.6. The van der Waals surface area contributed by atoms with Gasteiger partial charge in [-0.05, 0) is 19.4 Å². The monoisotopic (exact) mass is 214 g/mol. The fourth-order valence-corrected chi connectivity index (χ4v) is 1.94. The summed E-state index contributed by atoms with van der Waals surface area (Å²) in [6, 6.07) is 0.556. The molecule has 3 heteroatoms. The highest BCUT2D eigenvalue weighted by atomic mass is 16.3. The van der Waals surface area contributed by atoms with Crippen molar-refractivity contribution >= 4 is 0 Å². The van der Waals surface area contributed by atoms with E-state index in [-0.39, 0.29) is 11.5 Å². The van der Waals surface area contributed by atoms with Crippen LogP contribution in [0.1, 0.15) is 27.7 Å². The number of hydrogen-bond donors (Lipinski definition) is 1. The van der Waals surface area contributed by atoms with Crippen LogP contribution in [0.4, 0.5) is 0 Å². The molecule has 0 bridgehead atoms. The molecule has 0 saturated carbocycles. The highest BCUT2D eigenvalue weighted by Crippen LogP contribution is 2.21. The first-order valence-electron chi connectivity index (χ1n) is 5.91. The Balaban J connectivity index is 2.45. The van der Waals surface area contributed by atoms with Gasteiger partial charge in [-0.2, -0.15) is 0 Å². The van der Waals surface area contributed by atoms with Gasteiger partial charge < -0.3 is 10.0 Å². The topological polar surface area (TPSA) is 26.7 Å². The van der Waals surface area contributed by atoms with Crippen LogP contribution < -0.4 is 0 Å². The molecule has 0 amide bonds. The molecule has 1 rings (SSSR count). The summed E-state index contributed by atoms with van der Waals surface area (Å²) >= 11 is 0. The Bertz CT molecular complexity index is 200. The number of piperazine rings is 1. The molecule has 1 aliphatic rings. The molecule has 2 atom stereocenters. The second kappa shape index (κ2) is 4.81. The number of likely N-dealkylation sites (N-methyl/N-ethyl adjacent to an activating group) is 1. The zero-order valence-corrected chi connectivity index (χ0v) is 10.8. The average molecular weight is 214 g/mol. The molecule has 1 heterocycles. The number of β-amino-alcohol motifs (C(OH)–C–C–N with tert-alkyl or cyclic N) is 1. The molecular weight excluding hydrogens is 188 g/mol. The molecule has 1 N–H and O–H groups in total. The lowest BCUT2D eigenvalue weighted by molar-refractivity contribution is -0.00124. The van der Waals surface area contributed by atoms with Gasteiger partial charge in [0.05, 0.1) is 6.10 Å². The summed E-state index contributed by atoms with van der Waals surface area (Å²) in [5, 5.41) is 10.1. The smallest absolute Gasteiger partial charge is 0.0715 e. The van der Waals surface area contributed by atoms with Gasteiger partial charge in [0.1, 0.15) is 0 Å². The van der Waals surface area contributed by atoms with Crippen LogP contribution in [0, 0.1) is 5.41 Å². The third kappa shape index (κ3) is 3.74. The second-order valence-corrected chi connectivity index (χ2v) is 5.99. The Morgan fingerprint density at radius 3 is 2.40 bits per heavy atom. The number of rotatable bonds is 2. The van der Waals surface area contributed by atoms with Gasteiger partial charge in [-0.15, -0.1) is 0 Å². The largest absolute Gasteiger partial charge is 0.391 e. The summed E-state index contributed by atoms with van der Waals surface area (Å²) < 4.78 is 0. The quantitative estimate of drug-likeness (QED) is 0.744. The van der Waals surface area contributed by atoms with Gasteiger partial charge in [0.2, 0.25) is 0 Å². The number of hydrogen-bond acceptors (Lipinski definition) is 3.